The summed E-state index contributed by atoms with van der Waals surface area (Å²) in [7, 11) is 0. The van der Waals surface area contributed by atoms with Crippen LogP contribution < -0.4 is 5.32 Å². The van der Waals surface area contributed by atoms with Crippen molar-refractivity contribution >= 4 is 23.0 Å². The fourth-order valence-corrected chi connectivity index (χ4v) is 4.87. The minimum Gasteiger partial charge on any atom is -0.351 e. The zero-order valence-corrected chi connectivity index (χ0v) is 16.7. The quantitative estimate of drug-likeness (QED) is 0.644. The molecule has 31 heavy (non-hydrogen) atoms. The van der Waals surface area contributed by atoms with E-state index in [1.807, 2.05) is 49.4 Å². The minimum absolute atomic E-state index is 0.102. The second-order valence-electron chi connectivity index (χ2n) is 8.12. The monoisotopic (exact) mass is 403 g/mol. The summed E-state index contributed by atoms with van der Waals surface area (Å²) in [5.74, 6) is -1.13. The number of carbonyl (C=O) groups excluding carboxylic acids is 3. The van der Waals surface area contributed by atoms with Crippen LogP contribution in [0.5, 0.6) is 0 Å². The van der Waals surface area contributed by atoms with Crippen LogP contribution in [-0.2, 0) is 0 Å². The summed E-state index contributed by atoms with van der Waals surface area (Å²) in [6.45, 7) is 1.99. The second kappa shape index (κ2) is 6.22. The Morgan fingerprint density at radius 1 is 0.581 bits per heavy atom. The maximum atomic E-state index is 13.6. The highest BCUT2D eigenvalue weighted by Gasteiger charge is 2.46. The van der Waals surface area contributed by atoms with Crippen molar-refractivity contribution in [3.8, 4) is 0 Å². The van der Waals surface area contributed by atoms with Crippen LogP contribution in [0.2, 0.25) is 0 Å². The van der Waals surface area contributed by atoms with Crippen LogP contribution in [0.3, 0.4) is 0 Å². The number of carbonyl (C=O) groups is 3. The predicted octanol–water partition coefficient (Wildman–Crippen LogP) is 4.62. The van der Waals surface area contributed by atoms with E-state index in [0.717, 1.165) is 16.7 Å². The Morgan fingerprint density at radius 2 is 1.06 bits per heavy atom. The number of hydrogen-bond acceptors (Lipinski definition) is 4. The summed E-state index contributed by atoms with van der Waals surface area (Å²) in [5.41, 5.74) is 5.84. The van der Waals surface area contributed by atoms with Crippen LogP contribution in [-0.4, -0.2) is 17.3 Å². The first-order valence-electron chi connectivity index (χ1n) is 10.2. The molecule has 3 aliphatic rings. The summed E-state index contributed by atoms with van der Waals surface area (Å²) >= 11 is 0. The van der Waals surface area contributed by atoms with E-state index in [4.69, 9.17) is 0 Å². The lowest BCUT2D eigenvalue weighted by Crippen LogP contribution is -2.36. The Kier molecular flexibility index (Phi) is 3.57. The average Bonchev–Trinajstić information content (AvgIpc) is 3.09. The van der Waals surface area contributed by atoms with Crippen molar-refractivity contribution in [2.45, 2.75) is 12.8 Å². The van der Waals surface area contributed by atoms with E-state index in [0.29, 0.717) is 33.5 Å². The Bertz CT molecular complexity index is 1410. The van der Waals surface area contributed by atoms with Crippen LogP contribution in [0, 0.1) is 6.92 Å². The van der Waals surface area contributed by atoms with E-state index in [9.17, 15) is 14.4 Å². The van der Waals surface area contributed by atoms with Crippen LogP contribution in [0.1, 0.15) is 53.7 Å². The van der Waals surface area contributed by atoms with Crippen molar-refractivity contribution in [3.63, 3.8) is 0 Å². The molecular weight excluding hydrogens is 386 g/mol. The molecule has 6 rings (SSSR count). The molecule has 1 aliphatic heterocycles. The summed E-state index contributed by atoms with van der Waals surface area (Å²) in [6.07, 6.45) is 0. The summed E-state index contributed by atoms with van der Waals surface area (Å²) in [4.78, 5) is 40.5. The number of benzene rings is 3. The van der Waals surface area contributed by atoms with Crippen LogP contribution in [0.15, 0.2) is 89.6 Å². The average molecular weight is 403 g/mol. The van der Waals surface area contributed by atoms with Gasteiger partial charge in [-0.25, -0.2) is 0 Å². The van der Waals surface area contributed by atoms with E-state index >= 15 is 0 Å². The number of allylic oxidation sites excluding steroid dienone is 3. The highest BCUT2D eigenvalue weighted by molar-refractivity contribution is 6.31. The molecule has 0 aromatic heterocycles. The van der Waals surface area contributed by atoms with Gasteiger partial charge in [-0.2, -0.15) is 0 Å². The molecule has 1 heterocycles. The number of aryl methyl sites for hydroxylation is 1. The van der Waals surface area contributed by atoms with Crippen LogP contribution >= 0.6 is 0 Å². The van der Waals surface area contributed by atoms with Gasteiger partial charge in [0.05, 0.1) is 11.4 Å². The van der Waals surface area contributed by atoms with Crippen molar-refractivity contribution in [3.05, 3.63) is 123 Å². The van der Waals surface area contributed by atoms with Gasteiger partial charge in [-0.3, -0.25) is 14.4 Å². The van der Waals surface area contributed by atoms with E-state index in [1.54, 1.807) is 30.3 Å². The molecule has 1 N–H and O–H groups in total. The summed E-state index contributed by atoms with van der Waals surface area (Å²) in [5, 5.41) is 3.20. The summed E-state index contributed by atoms with van der Waals surface area (Å²) in [6, 6.07) is 22.1. The number of dihydropyridines is 1. The highest BCUT2D eigenvalue weighted by Crippen LogP contribution is 2.49. The molecule has 0 radical (unpaired) electrons. The number of ketones is 3. The van der Waals surface area contributed by atoms with E-state index in [-0.39, 0.29) is 23.0 Å². The number of rotatable bonds is 1. The number of fused-ring (bicyclic) bond motifs is 3. The van der Waals surface area contributed by atoms with Crippen molar-refractivity contribution in [2.75, 3.05) is 0 Å². The summed E-state index contributed by atoms with van der Waals surface area (Å²) < 4.78 is 0. The van der Waals surface area contributed by atoms with Crippen LogP contribution in [0.4, 0.5) is 0 Å². The van der Waals surface area contributed by atoms with Gasteiger partial charge in [0.25, 0.3) is 0 Å². The standard InChI is InChI=1S/C27H17NO3/c1-14-10-12-15(13-11-14)20-21-23(16-6-2-3-7-17(16)25(21)29)28-24-22(20)26(30)18-8-4-5-9-19(18)27(24)31/h2-13,20,28H,1H3. The first kappa shape index (κ1) is 17.8. The fraction of sp³-hybridized carbons (Fsp3) is 0.0741. The lowest BCUT2D eigenvalue weighted by atomic mass is 9.73. The van der Waals surface area contributed by atoms with Crippen molar-refractivity contribution in [1.29, 1.82) is 0 Å². The van der Waals surface area contributed by atoms with Gasteiger partial charge in [0, 0.05) is 39.3 Å². The highest BCUT2D eigenvalue weighted by atomic mass is 16.1. The number of nitrogens with one attached hydrogen (secondary N) is 1. The lowest BCUT2D eigenvalue weighted by molar-refractivity contribution is 0.0961. The zero-order chi connectivity index (χ0) is 21.3. The Balaban J connectivity index is 1.64. The fourth-order valence-electron chi connectivity index (χ4n) is 4.87. The SMILES string of the molecule is Cc1ccc(C2C3=C(NC4=C2C(=O)c2ccccc24)C(=O)c2ccccc2C3=O)cc1. The molecule has 3 aromatic carbocycles. The molecule has 1 unspecified atom stereocenters. The second-order valence-corrected chi connectivity index (χ2v) is 8.12. The van der Waals surface area contributed by atoms with Gasteiger partial charge in [0.2, 0.25) is 5.78 Å². The third kappa shape index (κ3) is 2.33. The van der Waals surface area contributed by atoms with Gasteiger partial charge in [0.1, 0.15) is 0 Å². The van der Waals surface area contributed by atoms with E-state index < -0.39 is 5.92 Å². The minimum atomic E-state index is -0.600. The predicted molar refractivity (Wildman–Crippen MR) is 117 cm³/mol. The Morgan fingerprint density at radius 3 is 1.68 bits per heavy atom. The van der Waals surface area contributed by atoms with Gasteiger partial charge in [0.15, 0.2) is 11.6 Å². The normalized spacial score (nSPS) is 19.0. The third-order valence-corrected chi connectivity index (χ3v) is 6.35. The molecule has 0 saturated heterocycles. The molecule has 3 aromatic rings. The topological polar surface area (TPSA) is 63.2 Å². The van der Waals surface area contributed by atoms with Crippen molar-refractivity contribution in [1.82, 2.24) is 5.32 Å². The molecule has 2 aliphatic carbocycles. The first-order valence-corrected chi connectivity index (χ1v) is 10.2. The first-order chi connectivity index (χ1) is 15.1. The molecule has 0 spiro atoms. The van der Waals surface area contributed by atoms with Gasteiger partial charge < -0.3 is 5.32 Å². The van der Waals surface area contributed by atoms with Gasteiger partial charge in [-0.15, -0.1) is 0 Å². The van der Waals surface area contributed by atoms with E-state index in [1.165, 1.54) is 0 Å². The smallest absolute Gasteiger partial charge is 0.210 e. The van der Waals surface area contributed by atoms with Gasteiger partial charge >= 0.3 is 0 Å². The molecule has 1 atom stereocenters. The molecule has 4 heteroatoms. The molecule has 4 nitrogen and oxygen atoms in total. The number of Topliss-reactive ketones (excluding diaryl/α,β-unsaturated/α-hetero) is 3. The molecule has 148 valence electrons. The Labute approximate surface area is 178 Å². The van der Waals surface area contributed by atoms with E-state index in [2.05, 4.69) is 5.32 Å². The van der Waals surface area contributed by atoms with Crippen LogP contribution in [0.25, 0.3) is 5.70 Å². The van der Waals surface area contributed by atoms with Gasteiger partial charge in [-0.1, -0.05) is 78.4 Å². The van der Waals surface area contributed by atoms with Crippen molar-refractivity contribution < 1.29 is 14.4 Å². The largest absolute Gasteiger partial charge is 0.351 e. The maximum Gasteiger partial charge on any atom is 0.210 e. The lowest BCUT2D eigenvalue weighted by Gasteiger charge is -2.33. The van der Waals surface area contributed by atoms with Crippen molar-refractivity contribution in [2.24, 2.45) is 0 Å². The Hall–Kier alpha value is -4.05. The number of hydrogen-bond donors (Lipinski definition) is 1. The molecule has 0 amide bonds. The van der Waals surface area contributed by atoms with Gasteiger partial charge in [-0.05, 0) is 12.5 Å². The molecule has 0 fully saturated rings. The maximum absolute atomic E-state index is 13.6. The molecule has 0 bridgehead atoms. The zero-order valence-electron chi connectivity index (χ0n) is 16.7. The third-order valence-electron chi connectivity index (χ3n) is 6.35. The molecule has 0 saturated carbocycles. The molecular formula is C27H17NO3.